The maximum Gasteiger partial charge on any atom is 0.356 e. The Bertz CT molecular complexity index is 869. The van der Waals surface area contributed by atoms with Crippen molar-refractivity contribution < 1.29 is 9.53 Å². The van der Waals surface area contributed by atoms with Gasteiger partial charge in [0.1, 0.15) is 5.69 Å². The van der Waals surface area contributed by atoms with Gasteiger partial charge in [0.25, 0.3) is 0 Å². The number of carbonyl (C=O) groups excluding carboxylic acids is 1. The van der Waals surface area contributed by atoms with Gasteiger partial charge in [-0.25, -0.2) is 14.8 Å². The molecule has 122 valence electrons. The van der Waals surface area contributed by atoms with Crippen molar-refractivity contribution in [1.82, 2.24) is 14.5 Å². The van der Waals surface area contributed by atoms with E-state index in [2.05, 4.69) is 32.9 Å². The molecule has 0 aliphatic rings. The summed E-state index contributed by atoms with van der Waals surface area (Å²) in [5, 5.41) is 0. The maximum absolute atomic E-state index is 11.5. The summed E-state index contributed by atoms with van der Waals surface area (Å²) in [6.07, 6.45) is 5.20. The van der Waals surface area contributed by atoms with Gasteiger partial charge >= 0.3 is 5.97 Å². The van der Waals surface area contributed by atoms with Crippen molar-refractivity contribution in [3.05, 3.63) is 65.7 Å². The third kappa shape index (κ3) is 3.12. The van der Waals surface area contributed by atoms with Crippen molar-refractivity contribution in [3.63, 3.8) is 0 Å². The zero-order valence-electron chi connectivity index (χ0n) is 13.6. The van der Waals surface area contributed by atoms with Crippen LogP contribution < -0.4 is 5.73 Å². The van der Waals surface area contributed by atoms with Gasteiger partial charge in [-0.05, 0) is 24.1 Å². The molecule has 0 bridgehead atoms. The minimum atomic E-state index is -0.447. The summed E-state index contributed by atoms with van der Waals surface area (Å²) in [6, 6.07) is 9.76. The highest BCUT2D eigenvalue weighted by molar-refractivity contribution is 5.87. The molecule has 0 saturated heterocycles. The summed E-state index contributed by atoms with van der Waals surface area (Å²) in [5.41, 5.74) is 10.4. The van der Waals surface area contributed by atoms with Gasteiger partial charge in [-0.2, -0.15) is 0 Å². The first-order valence-electron chi connectivity index (χ1n) is 7.49. The van der Waals surface area contributed by atoms with E-state index in [1.807, 2.05) is 23.8 Å². The van der Waals surface area contributed by atoms with Crippen LogP contribution in [0.5, 0.6) is 0 Å². The summed E-state index contributed by atoms with van der Waals surface area (Å²) < 4.78 is 6.56. The number of pyridine rings is 1. The van der Waals surface area contributed by atoms with Crippen LogP contribution in [0.2, 0.25) is 0 Å². The Morgan fingerprint density at radius 3 is 2.71 bits per heavy atom. The quantitative estimate of drug-likeness (QED) is 0.747. The van der Waals surface area contributed by atoms with E-state index in [0.717, 1.165) is 22.3 Å². The van der Waals surface area contributed by atoms with Crippen molar-refractivity contribution in [2.45, 2.75) is 13.5 Å². The average molecular weight is 322 g/mol. The number of methoxy groups -OCH3 is 1. The molecule has 1 aromatic carbocycles. The van der Waals surface area contributed by atoms with Gasteiger partial charge in [0.05, 0.1) is 13.7 Å². The summed E-state index contributed by atoms with van der Waals surface area (Å²) in [4.78, 5) is 19.8. The number of hydrogen-bond acceptors (Lipinski definition) is 5. The lowest BCUT2D eigenvalue weighted by atomic mass is 9.98. The molecule has 2 heterocycles. The zero-order chi connectivity index (χ0) is 17.1. The minimum absolute atomic E-state index is 0.286. The monoisotopic (exact) mass is 322 g/mol. The molecule has 24 heavy (non-hydrogen) atoms. The van der Waals surface area contributed by atoms with Gasteiger partial charge in [0.2, 0.25) is 0 Å². The number of aryl methyl sites for hydroxylation is 1. The number of aromatic nitrogens is 3. The summed E-state index contributed by atoms with van der Waals surface area (Å²) in [6.45, 7) is 2.65. The van der Waals surface area contributed by atoms with E-state index in [4.69, 9.17) is 5.73 Å². The van der Waals surface area contributed by atoms with Crippen LogP contribution in [0.1, 0.15) is 21.6 Å². The largest absolute Gasteiger partial charge is 0.464 e. The summed E-state index contributed by atoms with van der Waals surface area (Å²) >= 11 is 0. The van der Waals surface area contributed by atoms with E-state index in [9.17, 15) is 4.79 Å². The third-order valence-electron chi connectivity index (χ3n) is 3.82. The SMILES string of the molecule is COC(=O)c1ccc(-c2cc(C)ccc2Cn2ccnc2N)cn1. The number of benzene rings is 1. The van der Waals surface area contributed by atoms with Crippen LogP contribution in [0.4, 0.5) is 5.95 Å². The first kappa shape index (κ1) is 15.7. The number of nitrogens with two attached hydrogens (primary N) is 1. The predicted octanol–water partition coefficient (Wildman–Crippen LogP) is 2.67. The van der Waals surface area contributed by atoms with E-state index in [0.29, 0.717) is 12.5 Å². The lowest BCUT2D eigenvalue weighted by Crippen LogP contribution is -2.06. The van der Waals surface area contributed by atoms with E-state index < -0.39 is 5.97 Å². The second kappa shape index (κ2) is 6.54. The van der Waals surface area contributed by atoms with Crippen LogP contribution in [0, 0.1) is 6.92 Å². The standard InChI is InChI=1S/C18H18N4O2/c1-12-3-4-14(11-22-8-7-20-18(22)19)15(9-12)13-5-6-16(21-10-13)17(23)24-2/h3-10H,11H2,1-2H3,(H2,19,20). The van der Waals surface area contributed by atoms with Crippen molar-refractivity contribution >= 4 is 11.9 Å². The first-order valence-corrected chi connectivity index (χ1v) is 7.49. The number of hydrogen-bond donors (Lipinski definition) is 1. The Kier molecular flexibility index (Phi) is 4.29. The van der Waals surface area contributed by atoms with E-state index in [1.165, 1.54) is 7.11 Å². The van der Waals surface area contributed by atoms with Gasteiger partial charge in [0, 0.05) is 24.2 Å². The van der Waals surface area contributed by atoms with Gasteiger partial charge in [0.15, 0.2) is 5.95 Å². The molecule has 0 fully saturated rings. The Morgan fingerprint density at radius 1 is 1.25 bits per heavy atom. The fourth-order valence-corrected chi connectivity index (χ4v) is 2.53. The van der Waals surface area contributed by atoms with Crippen LogP contribution in [0.15, 0.2) is 48.9 Å². The van der Waals surface area contributed by atoms with Gasteiger partial charge in [-0.3, -0.25) is 0 Å². The highest BCUT2D eigenvalue weighted by atomic mass is 16.5. The molecular weight excluding hydrogens is 304 g/mol. The Hall–Kier alpha value is -3.15. The molecule has 0 aliphatic carbocycles. The molecule has 6 heteroatoms. The van der Waals surface area contributed by atoms with E-state index in [-0.39, 0.29) is 5.69 Å². The molecule has 2 aromatic heterocycles. The fourth-order valence-electron chi connectivity index (χ4n) is 2.53. The number of esters is 1. The number of anilines is 1. The molecular formula is C18H18N4O2. The number of carbonyl (C=O) groups is 1. The molecule has 0 atom stereocenters. The van der Waals surface area contributed by atoms with Crippen LogP contribution in [0.25, 0.3) is 11.1 Å². The molecule has 0 amide bonds. The predicted molar refractivity (Wildman–Crippen MR) is 91.5 cm³/mol. The lowest BCUT2D eigenvalue weighted by Gasteiger charge is -2.12. The zero-order valence-corrected chi connectivity index (χ0v) is 13.6. The van der Waals surface area contributed by atoms with Crippen LogP contribution >= 0.6 is 0 Å². The number of nitrogens with zero attached hydrogens (tertiary/aromatic N) is 3. The summed E-state index contributed by atoms with van der Waals surface area (Å²) in [5.74, 6) is 0.0258. The average Bonchev–Trinajstić information content (AvgIpc) is 3.01. The van der Waals surface area contributed by atoms with Crippen LogP contribution in [-0.4, -0.2) is 27.6 Å². The molecule has 0 radical (unpaired) electrons. The number of rotatable bonds is 4. The van der Waals surface area contributed by atoms with Crippen LogP contribution in [0.3, 0.4) is 0 Å². The molecule has 3 aromatic rings. The number of ether oxygens (including phenoxy) is 1. The lowest BCUT2D eigenvalue weighted by molar-refractivity contribution is 0.0594. The molecule has 0 saturated carbocycles. The normalized spacial score (nSPS) is 10.6. The molecule has 0 unspecified atom stereocenters. The van der Waals surface area contributed by atoms with Crippen LogP contribution in [-0.2, 0) is 11.3 Å². The molecule has 2 N–H and O–H groups in total. The van der Waals surface area contributed by atoms with E-state index in [1.54, 1.807) is 18.5 Å². The topological polar surface area (TPSA) is 83.0 Å². The molecule has 3 rings (SSSR count). The maximum atomic E-state index is 11.5. The third-order valence-corrected chi connectivity index (χ3v) is 3.82. The highest BCUT2D eigenvalue weighted by Gasteiger charge is 2.11. The van der Waals surface area contributed by atoms with Gasteiger partial charge in [-0.15, -0.1) is 0 Å². The molecule has 0 spiro atoms. The Balaban J connectivity index is 1.99. The summed E-state index contributed by atoms with van der Waals surface area (Å²) in [7, 11) is 1.34. The first-order chi connectivity index (χ1) is 11.6. The number of imidazole rings is 1. The minimum Gasteiger partial charge on any atom is -0.464 e. The second-order valence-electron chi connectivity index (χ2n) is 5.50. The molecule has 6 nitrogen and oxygen atoms in total. The van der Waals surface area contributed by atoms with Crippen molar-refractivity contribution in [1.29, 1.82) is 0 Å². The fraction of sp³-hybridized carbons (Fsp3) is 0.167. The van der Waals surface area contributed by atoms with Gasteiger partial charge in [-0.1, -0.05) is 29.8 Å². The molecule has 0 aliphatic heterocycles. The highest BCUT2D eigenvalue weighted by Crippen LogP contribution is 2.26. The van der Waals surface area contributed by atoms with Crippen molar-refractivity contribution in [3.8, 4) is 11.1 Å². The number of nitrogen functional groups attached to an aromatic ring is 1. The Labute approximate surface area is 139 Å². The van der Waals surface area contributed by atoms with Crippen molar-refractivity contribution in [2.24, 2.45) is 0 Å². The Morgan fingerprint density at radius 2 is 2.08 bits per heavy atom. The van der Waals surface area contributed by atoms with Gasteiger partial charge < -0.3 is 15.0 Å². The van der Waals surface area contributed by atoms with Crippen molar-refractivity contribution in [2.75, 3.05) is 12.8 Å². The second-order valence-corrected chi connectivity index (χ2v) is 5.50. The smallest absolute Gasteiger partial charge is 0.356 e. The van der Waals surface area contributed by atoms with E-state index >= 15 is 0 Å².